The summed E-state index contributed by atoms with van der Waals surface area (Å²) in [6, 6.07) is 21.0. The van der Waals surface area contributed by atoms with Crippen molar-refractivity contribution in [1.29, 1.82) is 5.26 Å². The molecule has 4 nitrogen and oxygen atoms in total. The molecule has 0 aliphatic rings. The lowest BCUT2D eigenvalue weighted by Gasteiger charge is -2.31. The first-order valence-corrected chi connectivity index (χ1v) is 9.30. The standard InChI is InChI=1S/C23H28N2O2/c1-4-22(26)21(18-11-7-5-8-12-18)15-20(16-24)25(3)17(2)23(27)19-13-9-6-10-14-19/h5-15,17,21-23,26-27H,4H2,1-3H3/b20-15+/t17-,21+,22+,23-/m0/s1. The van der Waals surface area contributed by atoms with Crippen LogP contribution >= 0.6 is 0 Å². The van der Waals surface area contributed by atoms with Gasteiger partial charge in [0, 0.05) is 13.0 Å². The summed E-state index contributed by atoms with van der Waals surface area (Å²) in [7, 11) is 1.80. The molecule has 0 aliphatic carbocycles. The third-order valence-corrected chi connectivity index (χ3v) is 5.06. The molecule has 4 heteroatoms. The van der Waals surface area contributed by atoms with Gasteiger partial charge in [0.2, 0.25) is 0 Å². The quantitative estimate of drug-likeness (QED) is 0.695. The maximum atomic E-state index is 10.7. The molecule has 0 spiro atoms. The Morgan fingerprint density at radius 3 is 2.04 bits per heavy atom. The summed E-state index contributed by atoms with van der Waals surface area (Å²) in [6.45, 7) is 3.81. The second-order valence-corrected chi connectivity index (χ2v) is 6.78. The van der Waals surface area contributed by atoms with Crippen molar-refractivity contribution in [3.8, 4) is 6.07 Å². The number of aliphatic hydroxyl groups excluding tert-OH is 2. The van der Waals surface area contributed by atoms with Crippen molar-refractivity contribution in [3.05, 3.63) is 83.6 Å². The second-order valence-electron chi connectivity index (χ2n) is 6.78. The molecule has 0 saturated carbocycles. The van der Waals surface area contributed by atoms with E-state index in [0.717, 1.165) is 11.1 Å². The lowest BCUT2D eigenvalue weighted by Crippen LogP contribution is -2.34. The Kier molecular flexibility index (Phi) is 7.60. The summed E-state index contributed by atoms with van der Waals surface area (Å²) in [5.41, 5.74) is 2.20. The van der Waals surface area contributed by atoms with Gasteiger partial charge in [-0.1, -0.05) is 67.6 Å². The van der Waals surface area contributed by atoms with Crippen LogP contribution in [0.1, 0.15) is 43.4 Å². The summed E-state index contributed by atoms with van der Waals surface area (Å²) >= 11 is 0. The van der Waals surface area contributed by atoms with Gasteiger partial charge in [-0.25, -0.2) is 0 Å². The number of likely N-dealkylation sites (N-methyl/N-ethyl adjacent to an activating group) is 1. The van der Waals surface area contributed by atoms with Crippen LogP contribution in [0.15, 0.2) is 72.4 Å². The van der Waals surface area contributed by atoms with Gasteiger partial charge in [-0.2, -0.15) is 5.26 Å². The maximum Gasteiger partial charge on any atom is 0.117 e. The highest BCUT2D eigenvalue weighted by Crippen LogP contribution is 2.27. The Labute approximate surface area is 162 Å². The second kappa shape index (κ2) is 9.91. The third-order valence-electron chi connectivity index (χ3n) is 5.06. The van der Waals surface area contributed by atoms with Gasteiger partial charge in [0.1, 0.15) is 11.8 Å². The molecule has 0 saturated heterocycles. The molecule has 27 heavy (non-hydrogen) atoms. The third kappa shape index (κ3) is 5.19. The molecule has 0 aliphatic heterocycles. The molecule has 0 amide bonds. The van der Waals surface area contributed by atoms with Gasteiger partial charge < -0.3 is 15.1 Å². The molecule has 0 unspecified atom stereocenters. The first-order valence-electron chi connectivity index (χ1n) is 9.30. The van der Waals surface area contributed by atoms with E-state index in [-0.39, 0.29) is 12.0 Å². The summed E-state index contributed by atoms with van der Waals surface area (Å²) in [6.07, 6.45) is 1.08. The number of aliphatic hydroxyl groups is 2. The number of hydrogen-bond donors (Lipinski definition) is 2. The summed E-state index contributed by atoms with van der Waals surface area (Å²) < 4.78 is 0. The van der Waals surface area contributed by atoms with Crippen molar-refractivity contribution in [2.24, 2.45) is 0 Å². The van der Waals surface area contributed by atoms with E-state index >= 15 is 0 Å². The SMILES string of the molecule is CC[C@@H](O)[C@H](/C=C(\C#N)N(C)[C@@H](C)[C@H](O)c1ccccc1)c1ccccc1. The van der Waals surface area contributed by atoms with Gasteiger partial charge in [-0.15, -0.1) is 0 Å². The molecule has 2 aromatic carbocycles. The fraction of sp³-hybridized carbons (Fsp3) is 0.348. The van der Waals surface area contributed by atoms with E-state index in [9.17, 15) is 15.5 Å². The highest BCUT2D eigenvalue weighted by Gasteiger charge is 2.24. The number of nitrogens with zero attached hydrogens (tertiary/aromatic N) is 2. The van der Waals surface area contributed by atoms with Crippen molar-refractivity contribution in [1.82, 2.24) is 4.90 Å². The van der Waals surface area contributed by atoms with Crippen molar-refractivity contribution in [2.75, 3.05) is 7.05 Å². The smallest absolute Gasteiger partial charge is 0.117 e. The maximum absolute atomic E-state index is 10.7. The zero-order valence-electron chi connectivity index (χ0n) is 16.2. The lowest BCUT2D eigenvalue weighted by molar-refractivity contribution is 0.0905. The minimum atomic E-state index is -0.723. The summed E-state index contributed by atoms with van der Waals surface area (Å²) in [4.78, 5) is 1.77. The first kappa shape index (κ1) is 20.7. The topological polar surface area (TPSA) is 67.5 Å². The van der Waals surface area contributed by atoms with Crippen LogP contribution in [0.2, 0.25) is 0 Å². The van der Waals surface area contributed by atoms with Crippen LogP contribution in [0.25, 0.3) is 0 Å². The number of benzene rings is 2. The predicted molar refractivity (Wildman–Crippen MR) is 108 cm³/mol. The van der Waals surface area contributed by atoms with Crippen LogP contribution in [0.5, 0.6) is 0 Å². The summed E-state index contributed by atoms with van der Waals surface area (Å²) in [5.74, 6) is -0.283. The molecule has 142 valence electrons. The van der Waals surface area contributed by atoms with Crippen molar-refractivity contribution < 1.29 is 10.2 Å². The zero-order valence-corrected chi connectivity index (χ0v) is 16.2. The predicted octanol–water partition coefficient (Wildman–Crippen LogP) is 4.00. The van der Waals surface area contributed by atoms with E-state index in [1.807, 2.05) is 74.5 Å². The first-order chi connectivity index (χ1) is 13.0. The van der Waals surface area contributed by atoms with E-state index in [2.05, 4.69) is 6.07 Å². The van der Waals surface area contributed by atoms with Crippen LogP contribution in [0.3, 0.4) is 0 Å². The molecular formula is C23H28N2O2. The molecule has 2 rings (SSSR count). The van der Waals surface area contributed by atoms with Gasteiger partial charge in [-0.05, 0) is 30.5 Å². The highest BCUT2D eigenvalue weighted by atomic mass is 16.3. The van der Waals surface area contributed by atoms with Gasteiger partial charge >= 0.3 is 0 Å². The zero-order chi connectivity index (χ0) is 19.8. The van der Waals surface area contributed by atoms with E-state index < -0.39 is 12.2 Å². The van der Waals surface area contributed by atoms with E-state index in [4.69, 9.17) is 0 Å². The Morgan fingerprint density at radius 1 is 1.04 bits per heavy atom. The van der Waals surface area contributed by atoms with E-state index in [0.29, 0.717) is 12.1 Å². The fourth-order valence-electron chi connectivity index (χ4n) is 3.12. The average Bonchev–Trinajstić information content (AvgIpc) is 2.73. The molecule has 0 fully saturated rings. The van der Waals surface area contributed by atoms with Crippen LogP contribution in [-0.2, 0) is 0 Å². The Morgan fingerprint density at radius 2 is 1.56 bits per heavy atom. The lowest BCUT2D eigenvalue weighted by atomic mass is 9.90. The molecule has 4 atom stereocenters. The Hall–Kier alpha value is -2.61. The van der Waals surface area contributed by atoms with Crippen molar-refractivity contribution >= 4 is 0 Å². The van der Waals surface area contributed by atoms with Crippen LogP contribution < -0.4 is 0 Å². The van der Waals surface area contributed by atoms with E-state index in [1.54, 1.807) is 18.0 Å². The molecular weight excluding hydrogens is 336 g/mol. The monoisotopic (exact) mass is 364 g/mol. The molecule has 2 N–H and O–H groups in total. The normalized spacial score (nSPS) is 16.1. The molecule has 0 aromatic heterocycles. The Bertz CT molecular complexity index is 768. The molecule has 0 heterocycles. The number of rotatable bonds is 8. The molecule has 2 aromatic rings. The van der Waals surface area contributed by atoms with Crippen molar-refractivity contribution in [2.45, 2.75) is 44.4 Å². The Balaban J connectivity index is 2.30. The number of hydrogen-bond acceptors (Lipinski definition) is 4. The molecule has 0 radical (unpaired) electrons. The minimum Gasteiger partial charge on any atom is -0.392 e. The van der Waals surface area contributed by atoms with Gasteiger partial charge in [0.25, 0.3) is 0 Å². The van der Waals surface area contributed by atoms with Gasteiger partial charge in [0.05, 0.1) is 18.2 Å². The molecule has 0 bridgehead atoms. The van der Waals surface area contributed by atoms with Crippen LogP contribution in [0.4, 0.5) is 0 Å². The van der Waals surface area contributed by atoms with Crippen LogP contribution in [0, 0.1) is 11.3 Å². The fourth-order valence-corrected chi connectivity index (χ4v) is 3.12. The highest BCUT2D eigenvalue weighted by molar-refractivity contribution is 5.31. The van der Waals surface area contributed by atoms with Gasteiger partial charge in [0.15, 0.2) is 0 Å². The van der Waals surface area contributed by atoms with Crippen molar-refractivity contribution in [3.63, 3.8) is 0 Å². The minimum absolute atomic E-state index is 0.283. The van der Waals surface area contributed by atoms with Gasteiger partial charge in [-0.3, -0.25) is 0 Å². The van der Waals surface area contributed by atoms with Crippen LogP contribution in [-0.4, -0.2) is 34.3 Å². The summed E-state index contributed by atoms with van der Waals surface area (Å²) in [5, 5.41) is 30.9. The largest absolute Gasteiger partial charge is 0.392 e. The number of allylic oxidation sites excluding steroid dienone is 1. The van der Waals surface area contributed by atoms with E-state index in [1.165, 1.54) is 0 Å². The number of nitriles is 1. The average molecular weight is 364 g/mol.